The molecule has 0 aromatic rings. The monoisotopic (exact) mass is 214 g/mol. The van der Waals surface area contributed by atoms with Crippen LogP contribution in [0.3, 0.4) is 0 Å². The summed E-state index contributed by atoms with van der Waals surface area (Å²) in [5.74, 6) is 0. The van der Waals surface area contributed by atoms with Crippen LogP contribution in [0, 0.1) is 0 Å². The largest absolute Gasteiger partial charge is 0.324 e. The van der Waals surface area contributed by atoms with Crippen LogP contribution in [0.25, 0.3) is 0 Å². The Balaban J connectivity index is 2.99. The van der Waals surface area contributed by atoms with Crippen LogP contribution < -0.4 is 11.1 Å². The number of hydrogen-bond donors (Lipinski definition) is 2. The number of hydrogen-bond acceptors (Lipinski definition) is 2. The zero-order valence-electron chi connectivity index (χ0n) is 10.9. The Hall–Kier alpha value is -0.0800. The lowest BCUT2D eigenvalue weighted by Crippen LogP contribution is -2.43. The minimum Gasteiger partial charge on any atom is -0.324 e. The summed E-state index contributed by atoms with van der Waals surface area (Å²) in [7, 11) is 0. The summed E-state index contributed by atoms with van der Waals surface area (Å²) in [5, 5.41) is 3.40. The molecule has 0 bridgehead atoms. The van der Waals surface area contributed by atoms with Crippen LogP contribution in [0.4, 0.5) is 0 Å². The molecule has 0 aromatic heterocycles. The number of nitrogens with two attached hydrogens (primary N) is 1. The SMILES string of the molecule is CCCCCCCCCNCC(C)(C)N. The molecule has 0 heterocycles. The summed E-state index contributed by atoms with van der Waals surface area (Å²) in [6.07, 6.45) is 9.63. The maximum atomic E-state index is 5.87. The highest BCUT2D eigenvalue weighted by Gasteiger charge is 2.08. The zero-order valence-corrected chi connectivity index (χ0v) is 10.9. The maximum Gasteiger partial charge on any atom is 0.0223 e. The third-order valence-electron chi connectivity index (χ3n) is 2.54. The molecule has 0 radical (unpaired) electrons. The molecule has 0 rings (SSSR count). The smallest absolute Gasteiger partial charge is 0.0223 e. The van der Waals surface area contributed by atoms with E-state index >= 15 is 0 Å². The van der Waals surface area contributed by atoms with E-state index in [4.69, 9.17) is 5.73 Å². The molecule has 3 N–H and O–H groups in total. The van der Waals surface area contributed by atoms with Gasteiger partial charge in [0.1, 0.15) is 0 Å². The van der Waals surface area contributed by atoms with Gasteiger partial charge in [0.05, 0.1) is 0 Å². The van der Waals surface area contributed by atoms with Gasteiger partial charge in [0.2, 0.25) is 0 Å². The molecule has 0 atom stereocenters. The molecule has 0 saturated heterocycles. The molecular formula is C13H30N2. The molecule has 0 amide bonds. The summed E-state index contributed by atoms with van der Waals surface area (Å²) in [6.45, 7) is 8.42. The average molecular weight is 214 g/mol. The highest BCUT2D eigenvalue weighted by atomic mass is 14.9. The fourth-order valence-electron chi connectivity index (χ4n) is 1.62. The normalized spacial score (nSPS) is 12.0. The van der Waals surface area contributed by atoms with Crippen LogP contribution in [-0.2, 0) is 0 Å². The van der Waals surface area contributed by atoms with Crippen LogP contribution in [-0.4, -0.2) is 18.6 Å². The molecule has 0 aliphatic rings. The lowest BCUT2D eigenvalue weighted by atomic mass is 10.1. The van der Waals surface area contributed by atoms with Gasteiger partial charge in [-0.05, 0) is 26.8 Å². The van der Waals surface area contributed by atoms with E-state index < -0.39 is 0 Å². The first-order valence-electron chi connectivity index (χ1n) is 6.56. The van der Waals surface area contributed by atoms with Crippen molar-refractivity contribution in [1.29, 1.82) is 0 Å². The van der Waals surface area contributed by atoms with Gasteiger partial charge in [-0.2, -0.15) is 0 Å². The maximum absolute atomic E-state index is 5.87. The van der Waals surface area contributed by atoms with Gasteiger partial charge in [-0.15, -0.1) is 0 Å². The Kier molecular flexibility index (Phi) is 9.12. The van der Waals surface area contributed by atoms with Gasteiger partial charge >= 0.3 is 0 Å². The molecule has 0 unspecified atom stereocenters. The second-order valence-electron chi connectivity index (χ2n) is 5.29. The van der Waals surface area contributed by atoms with E-state index in [-0.39, 0.29) is 5.54 Å². The van der Waals surface area contributed by atoms with E-state index in [1.54, 1.807) is 0 Å². The van der Waals surface area contributed by atoms with E-state index in [1.165, 1.54) is 44.9 Å². The molecule has 0 spiro atoms. The first-order valence-corrected chi connectivity index (χ1v) is 6.56. The molecule has 15 heavy (non-hydrogen) atoms. The van der Waals surface area contributed by atoms with Gasteiger partial charge in [-0.25, -0.2) is 0 Å². The Bertz CT molecular complexity index is 127. The fraction of sp³-hybridized carbons (Fsp3) is 1.00. The first-order chi connectivity index (χ1) is 7.06. The second-order valence-corrected chi connectivity index (χ2v) is 5.29. The number of unbranched alkanes of at least 4 members (excludes halogenated alkanes) is 6. The highest BCUT2D eigenvalue weighted by Crippen LogP contribution is 2.06. The van der Waals surface area contributed by atoms with Gasteiger partial charge in [0, 0.05) is 12.1 Å². The van der Waals surface area contributed by atoms with Crippen molar-refractivity contribution in [2.75, 3.05) is 13.1 Å². The third-order valence-corrected chi connectivity index (χ3v) is 2.54. The zero-order chi connectivity index (χ0) is 11.6. The molecule has 2 heteroatoms. The third kappa shape index (κ3) is 13.9. The van der Waals surface area contributed by atoms with E-state index in [9.17, 15) is 0 Å². The van der Waals surface area contributed by atoms with Crippen LogP contribution >= 0.6 is 0 Å². The van der Waals surface area contributed by atoms with Crippen LogP contribution in [0.2, 0.25) is 0 Å². The van der Waals surface area contributed by atoms with E-state index in [2.05, 4.69) is 26.1 Å². The van der Waals surface area contributed by atoms with Crippen molar-refractivity contribution in [3.05, 3.63) is 0 Å². The Morgan fingerprint density at radius 1 is 0.933 bits per heavy atom. The molecule has 0 saturated carbocycles. The molecule has 0 aliphatic carbocycles. The van der Waals surface area contributed by atoms with Crippen molar-refractivity contribution in [2.24, 2.45) is 5.73 Å². The van der Waals surface area contributed by atoms with Gasteiger partial charge in [-0.1, -0.05) is 45.4 Å². The van der Waals surface area contributed by atoms with Crippen LogP contribution in [0.15, 0.2) is 0 Å². The quantitative estimate of drug-likeness (QED) is 0.549. The van der Waals surface area contributed by atoms with Gasteiger partial charge in [0.15, 0.2) is 0 Å². The van der Waals surface area contributed by atoms with Gasteiger partial charge in [-0.3, -0.25) is 0 Å². The summed E-state index contributed by atoms with van der Waals surface area (Å²) in [5.41, 5.74) is 5.80. The van der Waals surface area contributed by atoms with Crippen molar-refractivity contribution in [3.8, 4) is 0 Å². The first kappa shape index (κ1) is 14.9. The molecule has 92 valence electrons. The van der Waals surface area contributed by atoms with Crippen molar-refractivity contribution in [1.82, 2.24) is 5.32 Å². The summed E-state index contributed by atoms with van der Waals surface area (Å²) < 4.78 is 0. The van der Waals surface area contributed by atoms with Crippen molar-refractivity contribution in [2.45, 2.75) is 71.3 Å². The molecule has 2 nitrogen and oxygen atoms in total. The summed E-state index contributed by atoms with van der Waals surface area (Å²) in [4.78, 5) is 0. The van der Waals surface area contributed by atoms with Crippen molar-refractivity contribution in [3.63, 3.8) is 0 Å². The van der Waals surface area contributed by atoms with Gasteiger partial charge in [0.25, 0.3) is 0 Å². The Morgan fingerprint density at radius 3 is 2.00 bits per heavy atom. The predicted molar refractivity (Wildman–Crippen MR) is 69.1 cm³/mol. The minimum atomic E-state index is -0.0683. The molecular weight excluding hydrogens is 184 g/mol. The van der Waals surface area contributed by atoms with Crippen molar-refractivity contribution >= 4 is 0 Å². The number of nitrogens with one attached hydrogen (secondary N) is 1. The Labute approximate surface area is 96.0 Å². The molecule has 0 fully saturated rings. The van der Waals surface area contributed by atoms with Gasteiger partial charge < -0.3 is 11.1 Å². The van der Waals surface area contributed by atoms with E-state index in [0.717, 1.165) is 13.1 Å². The predicted octanol–water partition coefficient (Wildman–Crippen LogP) is 3.06. The van der Waals surface area contributed by atoms with E-state index in [0.29, 0.717) is 0 Å². The second kappa shape index (κ2) is 9.17. The standard InChI is InChI=1S/C13H30N2/c1-4-5-6-7-8-9-10-11-15-12-13(2,3)14/h15H,4-12,14H2,1-3H3. The van der Waals surface area contributed by atoms with Crippen LogP contribution in [0.1, 0.15) is 65.7 Å². The van der Waals surface area contributed by atoms with E-state index in [1.807, 2.05) is 0 Å². The number of rotatable bonds is 10. The lowest BCUT2D eigenvalue weighted by molar-refractivity contribution is 0.458. The molecule has 0 aromatic carbocycles. The average Bonchev–Trinajstić information content (AvgIpc) is 2.14. The molecule has 0 aliphatic heterocycles. The van der Waals surface area contributed by atoms with Crippen molar-refractivity contribution < 1.29 is 0 Å². The minimum absolute atomic E-state index is 0.0683. The highest BCUT2D eigenvalue weighted by molar-refractivity contribution is 4.74. The summed E-state index contributed by atoms with van der Waals surface area (Å²) in [6, 6.07) is 0. The summed E-state index contributed by atoms with van der Waals surface area (Å²) >= 11 is 0. The topological polar surface area (TPSA) is 38.0 Å². The fourth-order valence-corrected chi connectivity index (χ4v) is 1.62. The lowest BCUT2D eigenvalue weighted by Gasteiger charge is -2.18. The Morgan fingerprint density at radius 2 is 1.47 bits per heavy atom. The van der Waals surface area contributed by atoms with Crippen LogP contribution in [0.5, 0.6) is 0 Å².